The molecule has 3 rings (SSSR count). The molecular formula is C25H34. The molecule has 0 amide bonds. The van der Waals surface area contributed by atoms with E-state index in [2.05, 4.69) is 69.3 Å². The summed E-state index contributed by atoms with van der Waals surface area (Å²) in [5, 5.41) is 0. The zero-order valence-electron chi connectivity index (χ0n) is 16.3. The molecule has 0 saturated heterocycles. The Balaban J connectivity index is 1.57. The molecule has 0 spiro atoms. The summed E-state index contributed by atoms with van der Waals surface area (Å²) in [4.78, 5) is 0. The quantitative estimate of drug-likeness (QED) is 0.515. The Labute approximate surface area is 154 Å². The first-order valence-electron chi connectivity index (χ1n) is 10.3. The molecule has 2 aromatic rings. The first-order chi connectivity index (χ1) is 12.2. The molecule has 1 atom stereocenters. The minimum atomic E-state index is 0.581. The van der Waals surface area contributed by atoms with Gasteiger partial charge in [-0.3, -0.25) is 0 Å². The molecule has 0 aromatic heterocycles. The summed E-state index contributed by atoms with van der Waals surface area (Å²) in [6.07, 6.45) is 9.56. The predicted octanol–water partition coefficient (Wildman–Crippen LogP) is 7.42. The molecule has 1 aliphatic carbocycles. The molecule has 0 heteroatoms. The van der Waals surface area contributed by atoms with Crippen molar-refractivity contribution in [2.45, 2.75) is 77.6 Å². The van der Waals surface area contributed by atoms with E-state index in [0.717, 1.165) is 18.3 Å². The van der Waals surface area contributed by atoms with Crippen LogP contribution in [0.2, 0.25) is 0 Å². The first kappa shape index (κ1) is 18.2. The van der Waals surface area contributed by atoms with Crippen molar-refractivity contribution in [1.82, 2.24) is 0 Å². The molecule has 0 bridgehead atoms. The summed E-state index contributed by atoms with van der Waals surface area (Å²) in [6, 6.07) is 18.6. The Hall–Kier alpha value is -1.56. The molecule has 0 unspecified atom stereocenters. The van der Waals surface area contributed by atoms with E-state index in [4.69, 9.17) is 0 Å². The lowest BCUT2D eigenvalue weighted by atomic mass is 9.77. The molecule has 25 heavy (non-hydrogen) atoms. The second-order valence-corrected chi connectivity index (χ2v) is 8.26. The lowest BCUT2D eigenvalue weighted by Crippen LogP contribution is -2.13. The van der Waals surface area contributed by atoms with Gasteiger partial charge in [0.15, 0.2) is 0 Å². The van der Waals surface area contributed by atoms with Crippen LogP contribution in [-0.4, -0.2) is 0 Å². The smallest absolute Gasteiger partial charge is 0.0150 e. The average Bonchev–Trinajstić information content (AvgIpc) is 2.65. The summed E-state index contributed by atoms with van der Waals surface area (Å²) in [6.45, 7) is 6.83. The molecular weight excluding hydrogens is 300 g/mol. The zero-order chi connectivity index (χ0) is 17.6. The van der Waals surface area contributed by atoms with Gasteiger partial charge in [0.2, 0.25) is 0 Å². The van der Waals surface area contributed by atoms with Crippen molar-refractivity contribution in [3.8, 4) is 0 Å². The molecule has 0 nitrogen and oxygen atoms in total. The molecule has 0 aliphatic heterocycles. The van der Waals surface area contributed by atoms with Crippen LogP contribution in [0.15, 0.2) is 48.5 Å². The van der Waals surface area contributed by atoms with E-state index in [1.807, 2.05) is 0 Å². The van der Waals surface area contributed by atoms with Crippen LogP contribution in [0.4, 0.5) is 0 Å². The largest absolute Gasteiger partial charge is 0.0654 e. The van der Waals surface area contributed by atoms with E-state index in [0.29, 0.717) is 5.92 Å². The highest BCUT2D eigenvalue weighted by atomic mass is 14.3. The lowest BCUT2D eigenvalue weighted by Gasteiger charge is -2.28. The average molecular weight is 335 g/mol. The monoisotopic (exact) mass is 334 g/mol. The van der Waals surface area contributed by atoms with Gasteiger partial charge in [-0.05, 0) is 73.5 Å². The van der Waals surface area contributed by atoms with Crippen molar-refractivity contribution in [2.24, 2.45) is 5.92 Å². The van der Waals surface area contributed by atoms with Crippen molar-refractivity contribution in [3.63, 3.8) is 0 Å². The third-order valence-corrected chi connectivity index (χ3v) is 6.18. The molecule has 1 saturated carbocycles. The van der Waals surface area contributed by atoms with Gasteiger partial charge in [0.05, 0.1) is 0 Å². The summed E-state index contributed by atoms with van der Waals surface area (Å²) in [7, 11) is 0. The Bertz CT molecular complexity index is 627. The first-order valence-corrected chi connectivity index (χ1v) is 10.3. The minimum Gasteiger partial charge on any atom is -0.0654 e. The van der Waals surface area contributed by atoms with Crippen LogP contribution >= 0.6 is 0 Å². The van der Waals surface area contributed by atoms with Crippen LogP contribution in [-0.2, 0) is 6.42 Å². The number of hydrogen-bond donors (Lipinski definition) is 0. The number of hydrogen-bond acceptors (Lipinski definition) is 0. The van der Waals surface area contributed by atoms with Gasteiger partial charge in [-0.15, -0.1) is 0 Å². The molecule has 1 aliphatic rings. The fourth-order valence-corrected chi connectivity index (χ4v) is 4.48. The maximum absolute atomic E-state index is 2.41. The molecule has 0 N–H and O–H groups in total. The number of benzene rings is 2. The van der Waals surface area contributed by atoms with Gasteiger partial charge in [-0.1, -0.05) is 80.8 Å². The molecule has 2 aromatic carbocycles. The minimum absolute atomic E-state index is 0.581. The van der Waals surface area contributed by atoms with Crippen LogP contribution in [0.25, 0.3) is 0 Å². The second-order valence-electron chi connectivity index (χ2n) is 8.26. The van der Waals surface area contributed by atoms with E-state index >= 15 is 0 Å². The zero-order valence-corrected chi connectivity index (χ0v) is 16.3. The maximum atomic E-state index is 2.41. The third-order valence-electron chi connectivity index (χ3n) is 6.18. The summed E-state index contributed by atoms with van der Waals surface area (Å²) >= 11 is 0. The fourth-order valence-electron chi connectivity index (χ4n) is 4.48. The highest BCUT2D eigenvalue weighted by molar-refractivity contribution is 5.30. The van der Waals surface area contributed by atoms with Gasteiger partial charge in [0.25, 0.3) is 0 Å². The van der Waals surface area contributed by atoms with E-state index in [1.165, 1.54) is 55.2 Å². The fraction of sp³-hybridized carbons (Fsp3) is 0.520. The van der Waals surface area contributed by atoms with Crippen LogP contribution in [0.1, 0.15) is 86.5 Å². The van der Waals surface area contributed by atoms with Crippen molar-refractivity contribution >= 4 is 0 Å². The van der Waals surface area contributed by atoms with Gasteiger partial charge < -0.3 is 0 Å². The van der Waals surface area contributed by atoms with Gasteiger partial charge in [0, 0.05) is 0 Å². The van der Waals surface area contributed by atoms with Crippen LogP contribution in [0.3, 0.4) is 0 Å². The Morgan fingerprint density at radius 1 is 0.880 bits per heavy atom. The molecule has 0 heterocycles. The standard InChI is InChI=1S/C25H34/c1-4-5-21-10-12-24(13-11-21)25-16-14-23(15-17-25)20(3)18-22-8-6-19(2)7-9-22/h6-9,14-17,20-21,24H,4-5,10-13,18H2,1-3H3/t20-,21?,24?/m1/s1. The normalized spacial score (nSPS) is 21.9. The van der Waals surface area contributed by atoms with Gasteiger partial charge in [-0.2, -0.15) is 0 Å². The number of aryl methyl sites for hydroxylation is 1. The molecule has 0 radical (unpaired) electrons. The molecule has 134 valence electrons. The summed E-state index contributed by atoms with van der Waals surface area (Å²) in [5.74, 6) is 2.38. The summed E-state index contributed by atoms with van der Waals surface area (Å²) in [5.41, 5.74) is 5.83. The van der Waals surface area contributed by atoms with Crippen molar-refractivity contribution in [2.75, 3.05) is 0 Å². The topological polar surface area (TPSA) is 0 Å². The SMILES string of the molecule is CCCC1CCC(c2ccc([C@H](C)Cc3ccc(C)cc3)cc2)CC1. The van der Waals surface area contributed by atoms with Crippen LogP contribution in [0.5, 0.6) is 0 Å². The highest BCUT2D eigenvalue weighted by Gasteiger charge is 2.21. The van der Waals surface area contributed by atoms with E-state index in [1.54, 1.807) is 5.56 Å². The van der Waals surface area contributed by atoms with E-state index in [-0.39, 0.29) is 0 Å². The van der Waals surface area contributed by atoms with Crippen molar-refractivity contribution in [1.29, 1.82) is 0 Å². The van der Waals surface area contributed by atoms with E-state index in [9.17, 15) is 0 Å². The predicted molar refractivity (Wildman–Crippen MR) is 109 cm³/mol. The van der Waals surface area contributed by atoms with Crippen molar-refractivity contribution < 1.29 is 0 Å². The van der Waals surface area contributed by atoms with Gasteiger partial charge in [-0.25, -0.2) is 0 Å². The summed E-state index contributed by atoms with van der Waals surface area (Å²) < 4.78 is 0. The second kappa shape index (κ2) is 8.70. The Morgan fingerprint density at radius 2 is 1.52 bits per heavy atom. The highest BCUT2D eigenvalue weighted by Crippen LogP contribution is 2.37. The Kier molecular flexibility index (Phi) is 6.34. The van der Waals surface area contributed by atoms with Gasteiger partial charge in [0.1, 0.15) is 0 Å². The third kappa shape index (κ3) is 4.97. The Morgan fingerprint density at radius 3 is 2.12 bits per heavy atom. The van der Waals surface area contributed by atoms with Gasteiger partial charge >= 0.3 is 0 Å². The molecule has 1 fully saturated rings. The van der Waals surface area contributed by atoms with E-state index < -0.39 is 0 Å². The lowest BCUT2D eigenvalue weighted by molar-refractivity contribution is 0.308. The maximum Gasteiger partial charge on any atom is -0.0150 e. The van der Waals surface area contributed by atoms with Crippen molar-refractivity contribution in [3.05, 3.63) is 70.8 Å². The number of rotatable bonds is 6. The van der Waals surface area contributed by atoms with Crippen LogP contribution in [0, 0.1) is 12.8 Å². The van der Waals surface area contributed by atoms with Crippen LogP contribution < -0.4 is 0 Å².